The van der Waals surface area contributed by atoms with E-state index in [-0.39, 0.29) is 40.1 Å². The van der Waals surface area contributed by atoms with Crippen LogP contribution in [0, 0.1) is 11.6 Å². The van der Waals surface area contributed by atoms with Gasteiger partial charge in [0.15, 0.2) is 23.1 Å². The van der Waals surface area contributed by atoms with E-state index in [1.165, 1.54) is 23.5 Å². The molecule has 0 radical (unpaired) electrons. The molecular weight excluding hydrogens is 479 g/mol. The monoisotopic (exact) mass is 494 g/mol. The molecule has 10 nitrogen and oxygen atoms in total. The maximum atomic E-state index is 14.8. The molecule has 0 aliphatic rings. The molecule has 1 amide bonds. The van der Waals surface area contributed by atoms with Gasteiger partial charge in [-0.3, -0.25) is 5.10 Å². The molecule has 182 valence electrons. The van der Waals surface area contributed by atoms with Crippen molar-refractivity contribution >= 4 is 28.8 Å². The van der Waals surface area contributed by atoms with E-state index in [0.29, 0.717) is 0 Å². The van der Waals surface area contributed by atoms with Crippen molar-refractivity contribution in [1.82, 2.24) is 30.5 Å². The van der Waals surface area contributed by atoms with Gasteiger partial charge in [-0.1, -0.05) is 18.2 Å². The molecule has 3 aromatic heterocycles. The minimum absolute atomic E-state index is 0.0322. The molecule has 0 atom stereocenters. The summed E-state index contributed by atoms with van der Waals surface area (Å²) in [6.07, 6.45) is -5.37. The number of rotatable bonds is 5. The highest BCUT2D eigenvalue weighted by Crippen LogP contribution is 2.33. The van der Waals surface area contributed by atoms with Gasteiger partial charge in [0.05, 0.1) is 11.6 Å². The van der Waals surface area contributed by atoms with Crippen LogP contribution in [0.5, 0.6) is 5.75 Å². The number of aromatic amines is 1. The third-order valence-corrected chi connectivity index (χ3v) is 4.73. The Bertz CT molecular complexity index is 1400. The van der Waals surface area contributed by atoms with Crippen molar-refractivity contribution < 1.29 is 31.5 Å². The molecule has 0 saturated carbocycles. The molecule has 4 rings (SSSR count). The van der Waals surface area contributed by atoms with Crippen LogP contribution in [0.3, 0.4) is 0 Å². The Morgan fingerprint density at radius 1 is 1.09 bits per heavy atom. The molecule has 6 N–H and O–H groups in total. The lowest BCUT2D eigenvalue weighted by atomic mass is 10.0. The van der Waals surface area contributed by atoms with E-state index in [4.69, 9.17) is 16.2 Å². The fourth-order valence-electron chi connectivity index (χ4n) is 3.20. The average Bonchev–Trinajstić information content (AvgIpc) is 3.22. The Morgan fingerprint density at radius 3 is 2.43 bits per heavy atom. The first-order chi connectivity index (χ1) is 16.5. The summed E-state index contributed by atoms with van der Waals surface area (Å²) in [6, 6.07) is 5.81. The fourth-order valence-corrected chi connectivity index (χ4v) is 3.20. The van der Waals surface area contributed by atoms with Crippen LogP contribution in [0.2, 0.25) is 0 Å². The first-order valence-electron chi connectivity index (χ1n) is 9.74. The Balaban J connectivity index is 1.71. The molecule has 3 heterocycles. The Kier molecular flexibility index (Phi) is 6.07. The van der Waals surface area contributed by atoms with Crippen LogP contribution in [0.15, 0.2) is 30.5 Å². The number of nitrogens with zero attached hydrogens (tertiary/aromatic N) is 4. The lowest BCUT2D eigenvalue weighted by molar-refractivity contribution is -0.123. The molecule has 0 fully saturated rings. The number of hydrogen-bond acceptors (Lipinski definition) is 8. The lowest BCUT2D eigenvalue weighted by Crippen LogP contribution is -2.35. The normalized spacial score (nSPS) is 11.6. The zero-order valence-corrected chi connectivity index (χ0v) is 17.5. The SMILES string of the molecule is Nc1nc(-c2[nH]nc3ncc(F)c(Cc4ccccc4F)c23)nc(N)c1OC(=O)NCC(F)(F)F. The first-order valence-corrected chi connectivity index (χ1v) is 9.74. The van der Waals surface area contributed by atoms with Crippen molar-refractivity contribution in [2.24, 2.45) is 0 Å². The summed E-state index contributed by atoms with van der Waals surface area (Å²) in [5.41, 5.74) is 11.9. The molecular formula is C20H15F5N8O2. The number of nitrogens with two attached hydrogens (primary N) is 2. The van der Waals surface area contributed by atoms with E-state index < -0.39 is 47.8 Å². The number of benzene rings is 1. The van der Waals surface area contributed by atoms with E-state index in [9.17, 15) is 26.7 Å². The standard InChI is InChI=1S/C20H15F5N8O2/c21-10-4-2-1-3-8(10)5-9-11(22)6-28-17-12(9)13(32-33-17)18-30-15(26)14(16(27)31-18)35-19(34)29-7-20(23,24)25/h1-4,6H,5,7H2,(H,29,34)(H,28,32,33)(H4,26,27,30,31). The van der Waals surface area contributed by atoms with Crippen LogP contribution in [0.1, 0.15) is 11.1 Å². The van der Waals surface area contributed by atoms with Crippen molar-refractivity contribution in [2.75, 3.05) is 18.0 Å². The number of alkyl halides is 3. The highest BCUT2D eigenvalue weighted by molar-refractivity contribution is 5.92. The van der Waals surface area contributed by atoms with Crippen molar-refractivity contribution in [3.63, 3.8) is 0 Å². The predicted octanol–water partition coefficient (Wildman–Crippen LogP) is 3.10. The minimum Gasteiger partial charge on any atom is -0.402 e. The number of nitrogens with one attached hydrogen (secondary N) is 2. The number of aromatic nitrogens is 5. The molecule has 0 bridgehead atoms. The number of carbonyl (C=O) groups excluding carboxylic acids is 1. The van der Waals surface area contributed by atoms with Gasteiger partial charge < -0.3 is 21.5 Å². The highest BCUT2D eigenvalue weighted by Gasteiger charge is 2.29. The maximum absolute atomic E-state index is 14.8. The Hall–Kier alpha value is -4.56. The van der Waals surface area contributed by atoms with Gasteiger partial charge in [0, 0.05) is 12.0 Å². The van der Waals surface area contributed by atoms with Crippen LogP contribution < -0.4 is 21.5 Å². The summed E-state index contributed by atoms with van der Waals surface area (Å²) >= 11 is 0. The summed E-state index contributed by atoms with van der Waals surface area (Å²) in [4.78, 5) is 23.4. The van der Waals surface area contributed by atoms with E-state index >= 15 is 0 Å². The fraction of sp³-hybridized carbons (Fsp3) is 0.150. The van der Waals surface area contributed by atoms with E-state index in [1.807, 2.05) is 0 Å². The summed E-state index contributed by atoms with van der Waals surface area (Å²) in [6.45, 7) is -1.64. The average molecular weight is 494 g/mol. The number of amides is 1. The summed E-state index contributed by atoms with van der Waals surface area (Å²) in [7, 11) is 0. The predicted molar refractivity (Wildman–Crippen MR) is 113 cm³/mol. The zero-order valence-electron chi connectivity index (χ0n) is 17.5. The second-order valence-corrected chi connectivity index (χ2v) is 7.16. The van der Waals surface area contributed by atoms with Crippen LogP contribution in [0.25, 0.3) is 22.6 Å². The second kappa shape index (κ2) is 9.00. The van der Waals surface area contributed by atoms with Gasteiger partial charge >= 0.3 is 12.3 Å². The van der Waals surface area contributed by atoms with Crippen molar-refractivity contribution in [2.45, 2.75) is 12.6 Å². The van der Waals surface area contributed by atoms with Gasteiger partial charge in [0.2, 0.25) is 5.75 Å². The largest absolute Gasteiger partial charge is 0.413 e. The molecule has 0 unspecified atom stereocenters. The van der Waals surface area contributed by atoms with Crippen molar-refractivity contribution in [1.29, 1.82) is 0 Å². The summed E-state index contributed by atoms with van der Waals surface area (Å²) in [5.74, 6) is -3.04. The first kappa shape index (κ1) is 23.6. The number of H-pyrrole nitrogens is 1. The van der Waals surface area contributed by atoms with Crippen LogP contribution in [-0.2, 0) is 6.42 Å². The Labute approximate surface area is 192 Å². The lowest BCUT2D eigenvalue weighted by Gasteiger charge is -2.12. The minimum atomic E-state index is -4.66. The molecule has 0 spiro atoms. The maximum Gasteiger partial charge on any atom is 0.413 e. The van der Waals surface area contributed by atoms with Gasteiger partial charge in [-0.2, -0.15) is 18.3 Å². The second-order valence-electron chi connectivity index (χ2n) is 7.16. The van der Waals surface area contributed by atoms with Gasteiger partial charge in [-0.15, -0.1) is 0 Å². The van der Waals surface area contributed by atoms with Crippen molar-refractivity contribution in [3.05, 3.63) is 53.2 Å². The molecule has 4 aromatic rings. The molecule has 0 aliphatic heterocycles. The number of carbonyl (C=O) groups is 1. The molecule has 0 saturated heterocycles. The summed E-state index contributed by atoms with van der Waals surface area (Å²) < 4.78 is 70.5. The van der Waals surface area contributed by atoms with Crippen LogP contribution in [-0.4, -0.2) is 44.0 Å². The van der Waals surface area contributed by atoms with Gasteiger partial charge in [0.25, 0.3) is 0 Å². The summed E-state index contributed by atoms with van der Waals surface area (Å²) in [5, 5.41) is 8.19. The number of fused-ring (bicyclic) bond motifs is 1. The molecule has 1 aromatic carbocycles. The number of anilines is 2. The van der Waals surface area contributed by atoms with Gasteiger partial charge in [-0.05, 0) is 11.6 Å². The Morgan fingerprint density at radius 2 is 1.77 bits per heavy atom. The number of ether oxygens (including phenoxy) is 1. The van der Waals surface area contributed by atoms with Crippen LogP contribution >= 0.6 is 0 Å². The zero-order chi connectivity index (χ0) is 25.3. The topological polar surface area (TPSA) is 158 Å². The quantitative estimate of drug-likeness (QED) is 0.308. The number of pyridine rings is 1. The van der Waals surface area contributed by atoms with E-state index in [0.717, 1.165) is 6.20 Å². The number of halogens is 5. The molecule has 0 aliphatic carbocycles. The molecule has 35 heavy (non-hydrogen) atoms. The van der Waals surface area contributed by atoms with Crippen LogP contribution in [0.4, 0.5) is 38.4 Å². The highest BCUT2D eigenvalue weighted by atomic mass is 19.4. The van der Waals surface area contributed by atoms with E-state index in [1.54, 1.807) is 6.07 Å². The smallest absolute Gasteiger partial charge is 0.402 e. The van der Waals surface area contributed by atoms with Gasteiger partial charge in [-0.25, -0.2) is 28.5 Å². The number of hydrogen-bond donors (Lipinski definition) is 4. The third-order valence-electron chi connectivity index (χ3n) is 4.73. The molecule has 15 heteroatoms. The third kappa shape index (κ3) is 5.02. The van der Waals surface area contributed by atoms with Crippen molar-refractivity contribution in [3.8, 4) is 17.3 Å². The number of nitrogen functional groups attached to an aromatic ring is 2. The van der Waals surface area contributed by atoms with E-state index in [2.05, 4.69) is 25.1 Å². The van der Waals surface area contributed by atoms with Gasteiger partial charge in [0.1, 0.15) is 23.9 Å².